The number of halogens is 5. The van der Waals surface area contributed by atoms with Gasteiger partial charge in [-0.1, -0.05) is 38.1 Å². The zero-order valence-corrected chi connectivity index (χ0v) is 15.2. The topological polar surface area (TPSA) is 20.2 Å². The molecule has 1 N–H and O–H groups in total. The van der Waals surface area contributed by atoms with Crippen molar-refractivity contribution in [1.29, 1.82) is 0 Å². The highest BCUT2D eigenvalue weighted by Crippen LogP contribution is 2.45. The van der Waals surface area contributed by atoms with Gasteiger partial charge in [-0.3, -0.25) is 0 Å². The van der Waals surface area contributed by atoms with Crippen LogP contribution in [0.15, 0.2) is 36.4 Å². The average Bonchev–Trinajstić information content (AvgIpc) is 2.69. The van der Waals surface area contributed by atoms with Crippen LogP contribution in [0, 0.1) is 29.1 Å². The molecule has 3 aromatic rings. The molecule has 1 nitrogen and oxygen atoms in total. The minimum absolute atomic E-state index is 0.0558. The lowest BCUT2D eigenvalue weighted by atomic mass is 9.87. The summed E-state index contributed by atoms with van der Waals surface area (Å²) in [6.45, 7) is 3.54. The van der Waals surface area contributed by atoms with E-state index in [1.165, 1.54) is 0 Å². The molecule has 3 rings (SSSR count). The fourth-order valence-corrected chi connectivity index (χ4v) is 3.26. The maximum absolute atomic E-state index is 14.5. The standard InChI is InChI=1S/C22H17F5O/c1-3-11-5-7-12(8-6-11)17-14(4-2)19(25)21(27)22(28)18(17)13-9-15(23)20(26)16(24)10-13/h5-10,28H,3-4H2,1-2H3. The van der Waals surface area contributed by atoms with Crippen molar-refractivity contribution in [3.63, 3.8) is 0 Å². The van der Waals surface area contributed by atoms with Crippen LogP contribution in [0.3, 0.4) is 0 Å². The van der Waals surface area contributed by atoms with Crippen LogP contribution in [0.2, 0.25) is 0 Å². The lowest BCUT2D eigenvalue weighted by molar-refractivity contribution is 0.406. The molecule has 0 aliphatic carbocycles. The minimum atomic E-state index is -1.68. The summed E-state index contributed by atoms with van der Waals surface area (Å²) in [7, 11) is 0. The normalized spacial score (nSPS) is 11.1. The fourth-order valence-electron chi connectivity index (χ4n) is 3.26. The predicted octanol–water partition coefficient (Wildman–Crippen LogP) is 6.55. The van der Waals surface area contributed by atoms with Crippen molar-refractivity contribution >= 4 is 0 Å². The van der Waals surface area contributed by atoms with Crippen molar-refractivity contribution in [2.24, 2.45) is 0 Å². The van der Waals surface area contributed by atoms with E-state index in [-0.39, 0.29) is 28.7 Å². The first-order valence-electron chi connectivity index (χ1n) is 8.77. The highest BCUT2D eigenvalue weighted by molar-refractivity contribution is 5.90. The van der Waals surface area contributed by atoms with Gasteiger partial charge >= 0.3 is 0 Å². The number of aromatic hydroxyl groups is 1. The second-order valence-corrected chi connectivity index (χ2v) is 6.36. The fraction of sp³-hybridized carbons (Fsp3) is 0.182. The number of hydrogen-bond acceptors (Lipinski definition) is 1. The molecule has 6 heteroatoms. The second kappa shape index (κ2) is 7.62. The molecule has 0 aromatic heterocycles. The van der Waals surface area contributed by atoms with E-state index < -0.39 is 34.8 Å². The number of rotatable bonds is 4. The Labute approximate surface area is 159 Å². The monoisotopic (exact) mass is 392 g/mol. The molecule has 0 unspecified atom stereocenters. The van der Waals surface area contributed by atoms with E-state index in [1.54, 1.807) is 31.2 Å². The molecule has 0 saturated carbocycles. The number of benzene rings is 3. The van der Waals surface area contributed by atoms with Gasteiger partial charge in [0, 0.05) is 5.56 Å². The van der Waals surface area contributed by atoms with E-state index in [9.17, 15) is 27.1 Å². The van der Waals surface area contributed by atoms with Gasteiger partial charge in [0.15, 0.2) is 29.0 Å². The van der Waals surface area contributed by atoms with Crippen molar-refractivity contribution in [3.05, 3.63) is 76.6 Å². The molecular weight excluding hydrogens is 375 g/mol. The Bertz CT molecular complexity index is 1020. The van der Waals surface area contributed by atoms with E-state index in [0.717, 1.165) is 12.0 Å². The minimum Gasteiger partial charge on any atom is -0.504 e. The second-order valence-electron chi connectivity index (χ2n) is 6.36. The molecule has 0 fully saturated rings. The van der Waals surface area contributed by atoms with Crippen molar-refractivity contribution in [3.8, 4) is 28.0 Å². The van der Waals surface area contributed by atoms with Crippen LogP contribution < -0.4 is 0 Å². The largest absolute Gasteiger partial charge is 0.504 e. The van der Waals surface area contributed by atoms with E-state index in [1.807, 2.05) is 6.92 Å². The Balaban J connectivity index is 2.42. The van der Waals surface area contributed by atoms with Crippen LogP contribution in [0.4, 0.5) is 22.0 Å². The van der Waals surface area contributed by atoms with E-state index in [0.29, 0.717) is 17.7 Å². The summed E-state index contributed by atoms with van der Waals surface area (Å²) in [4.78, 5) is 0. The summed E-state index contributed by atoms with van der Waals surface area (Å²) >= 11 is 0. The first-order chi connectivity index (χ1) is 13.3. The third kappa shape index (κ3) is 3.23. The molecule has 146 valence electrons. The van der Waals surface area contributed by atoms with Gasteiger partial charge in [0.25, 0.3) is 0 Å². The smallest absolute Gasteiger partial charge is 0.201 e. The molecule has 0 radical (unpaired) electrons. The Morgan fingerprint density at radius 1 is 0.679 bits per heavy atom. The van der Waals surface area contributed by atoms with E-state index in [2.05, 4.69) is 0 Å². The maximum atomic E-state index is 14.5. The van der Waals surface area contributed by atoms with Gasteiger partial charge in [0.1, 0.15) is 0 Å². The zero-order chi connectivity index (χ0) is 20.6. The summed E-state index contributed by atoms with van der Waals surface area (Å²) in [6.07, 6.45) is 0.818. The molecule has 28 heavy (non-hydrogen) atoms. The number of aryl methyl sites for hydroxylation is 1. The van der Waals surface area contributed by atoms with Gasteiger partial charge in [0.05, 0.1) is 0 Å². The summed E-state index contributed by atoms with van der Waals surface area (Å²) in [5.41, 5.74) is 0.888. The van der Waals surface area contributed by atoms with Crippen LogP contribution in [0.1, 0.15) is 25.0 Å². The Morgan fingerprint density at radius 2 is 1.25 bits per heavy atom. The third-order valence-corrected chi connectivity index (χ3v) is 4.73. The number of phenolic OH excluding ortho intramolecular Hbond substituents is 1. The van der Waals surface area contributed by atoms with Crippen LogP contribution in [0.25, 0.3) is 22.3 Å². The molecular formula is C22H17F5O. The molecule has 0 atom stereocenters. The molecule has 0 bridgehead atoms. The quantitative estimate of drug-likeness (QED) is 0.394. The maximum Gasteiger partial charge on any atom is 0.201 e. The summed E-state index contributed by atoms with van der Waals surface area (Å²) < 4.78 is 69.8. The highest BCUT2D eigenvalue weighted by Gasteiger charge is 2.26. The molecule has 0 amide bonds. The van der Waals surface area contributed by atoms with Crippen LogP contribution >= 0.6 is 0 Å². The first-order valence-corrected chi connectivity index (χ1v) is 8.77. The van der Waals surface area contributed by atoms with Gasteiger partial charge in [0.2, 0.25) is 5.82 Å². The predicted molar refractivity (Wildman–Crippen MR) is 97.5 cm³/mol. The van der Waals surface area contributed by atoms with Crippen LogP contribution in [0.5, 0.6) is 5.75 Å². The van der Waals surface area contributed by atoms with Gasteiger partial charge in [-0.15, -0.1) is 0 Å². The number of phenols is 1. The van der Waals surface area contributed by atoms with Gasteiger partial charge < -0.3 is 5.11 Å². The summed E-state index contributed by atoms with van der Waals surface area (Å²) in [6, 6.07) is 8.17. The van der Waals surface area contributed by atoms with Crippen LogP contribution in [-0.2, 0) is 12.8 Å². The van der Waals surface area contributed by atoms with Gasteiger partial charge in [-0.25, -0.2) is 17.6 Å². The van der Waals surface area contributed by atoms with Gasteiger partial charge in [-0.05, 0) is 52.8 Å². The molecule has 0 spiro atoms. The Hall–Kier alpha value is -2.89. The Morgan fingerprint density at radius 3 is 1.75 bits per heavy atom. The summed E-state index contributed by atoms with van der Waals surface area (Å²) in [5.74, 6) is -8.52. The summed E-state index contributed by atoms with van der Waals surface area (Å²) in [5, 5.41) is 10.3. The van der Waals surface area contributed by atoms with Gasteiger partial charge in [-0.2, -0.15) is 4.39 Å². The SMILES string of the molecule is CCc1ccc(-c2c(CC)c(F)c(F)c(O)c2-c2cc(F)c(F)c(F)c2)cc1. The molecule has 0 aliphatic rings. The molecule has 3 aromatic carbocycles. The molecule has 0 saturated heterocycles. The molecule has 0 aliphatic heterocycles. The number of hydrogen-bond donors (Lipinski definition) is 1. The highest BCUT2D eigenvalue weighted by atomic mass is 19.2. The lowest BCUT2D eigenvalue weighted by Crippen LogP contribution is -2.02. The lowest BCUT2D eigenvalue weighted by Gasteiger charge is -2.19. The van der Waals surface area contributed by atoms with Crippen molar-refractivity contribution in [2.45, 2.75) is 26.7 Å². The van der Waals surface area contributed by atoms with E-state index in [4.69, 9.17) is 0 Å². The van der Waals surface area contributed by atoms with E-state index >= 15 is 0 Å². The zero-order valence-electron chi connectivity index (χ0n) is 15.2. The Kier molecular flexibility index (Phi) is 5.40. The molecule has 0 heterocycles. The first kappa shape index (κ1) is 19.9. The third-order valence-electron chi connectivity index (χ3n) is 4.73. The van der Waals surface area contributed by atoms with Crippen molar-refractivity contribution in [1.82, 2.24) is 0 Å². The van der Waals surface area contributed by atoms with Crippen molar-refractivity contribution < 1.29 is 27.1 Å². The van der Waals surface area contributed by atoms with Crippen LogP contribution in [-0.4, -0.2) is 5.11 Å². The average molecular weight is 392 g/mol. The van der Waals surface area contributed by atoms with Crippen molar-refractivity contribution in [2.75, 3.05) is 0 Å².